The van der Waals surface area contributed by atoms with Crippen LogP contribution in [-0.2, 0) is 19.0 Å². The van der Waals surface area contributed by atoms with Gasteiger partial charge in [-0.2, -0.15) is 8.42 Å². The number of unbranched alkanes of at least 4 members (excludes halogenated alkanes) is 3. The average molecular weight is 342 g/mol. The van der Waals surface area contributed by atoms with E-state index in [1.807, 2.05) is 13.8 Å². The fourth-order valence-corrected chi connectivity index (χ4v) is 3.20. The number of hydrogen-bond acceptors (Lipinski definition) is 5. The number of ether oxygens (including phenoxy) is 2. The van der Waals surface area contributed by atoms with Crippen LogP contribution in [0.3, 0.4) is 0 Å². The summed E-state index contributed by atoms with van der Waals surface area (Å²) in [7, 11) is -3.69. The molecule has 0 bridgehead atoms. The molecule has 1 aliphatic rings. The summed E-state index contributed by atoms with van der Waals surface area (Å²) < 4.78 is 40.4. The van der Waals surface area contributed by atoms with Crippen LogP contribution in [0.2, 0.25) is 0 Å². The largest absolute Gasteiger partial charge is 0.485 e. The molecule has 0 N–H and O–H groups in total. The molecule has 5 nitrogen and oxygen atoms in total. The Labute approximate surface area is 139 Å². The Kier molecular flexibility index (Phi) is 6.06. The Balaban J connectivity index is 1.90. The highest BCUT2D eigenvalue weighted by Crippen LogP contribution is 2.30. The maximum atomic E-state index is 12.1. The summed E-state index contributed by atoms with van der Waals surface area (Å²) in [4.78, 5) is 0.154. The summed E-state index contributed by atoms with van der Waals surface area (Å²) in [6, 6.07) is 6.33. The van der Waals surface area contributed by atoms with Crippen LogP contribution in [0, 0.1) is 0 Å². The molecule has 0 aliphatic carbocycles. The molecule has 0 aromatic heterocycles. The van der Waals surface area contributed by atoms with Crippen molar-refractivity contribution in [2.75, 3.05) is 13.2 Å². The monoisotopic (exact) mass is 342 g/mol. The van der Waals surface area contributed by atoms with Gasteiger partial charge in [-0.05, 0) is 44.5 Å². The molecule has 130 valence electrons. The number of hydrogen-bond donors (Lipinski definition) is 0. The minimum Gasteiger partial charge on any atom is -0.485 e. The van der Waals surface area contributed by atoms with Gasteiger partial charge in [0.2, 0.25) is 0 Å². The Morgan fingerprint density at radius 3 is 2.39 bits per heavy atom. The van der Waals surface area contributed by atoms with Gasteiger partial charge in [0, 0.05) is 0 Å². The van der Waals surface area contributed by atoms with E-state index in [1.54, 1.807) is 12.1 Å². The molecular weight excluding hydrogens is 316 g/mol. The van der Waals surface area contributed by atoms with Crippen LogP contribution >= 0.6 is 0 Å². The molecule has 2 rings (SSSR count). The van der Waals surface area contributed by atoms with Crippen LogP contribution in [0.4, 0.5) is 0 Å². The van der Waals surface area contributed by atoms with Crippen LogP contribution in [-0.4, -0.2) is 33.3 Å². The lowest BCUT2D eigenvalue weighted by molar-refractivity contribution is 0.0743. The molecule has 1 aliphatic heterocycles. The molecule has 0 saturated carbocycles. The first kappa shape index (κ1) is 18.2. The molecule has 0 amide bonds. The fraction of sp³-hybridized carbons (Fsp3) is 0.647. The Bertz CT molecular complexity index is 588. The zero-order valence-electron chi connectivity index (χ0n) is 14.1. The van der Waals surface area contributed by atoms with E-state index in [0.29, 0.717) is 12.4 Å². The Morgan fingerprint density at radius 2 is 1.83 bits per heavy atom. The molecule has 6 heteroatoms. The number of benzene rings is 1. The second-order valence-corrected chi connectivity index (χ2v) is 7.95. The van der Waals surface area contributed by atoms with Gasteiger partial charge in [0.15, 0.2) is 0 Å². The summed E-state index contributed by atoms with van der Waals surface area (Å²) in [5, 5.41) is 0. The van der Waals surface area contributed by atoms with E-state index < -0.39 is 15.7 Å². The first-order valence-corrected chi connectivity index (χ1v) is 9.56. The van der Waals surface area contributed by atoms with E-state index in [9.17, 15) is 8.42 Å². The highest BCUT2D eigenvalue weighted by Gasteiger charge is 2.41. The molecule has 1 atom stereocenters. The lowest BCUT2D eigenvalue weighted by Gasteiger charge is -2.24. The van der Waals surface area contributed by atoms with Gasteiger partial charge in [-0.3, -0.25) is 4.18 Å². The van der Waals surface area contributed by atoms with Gasteiger partial charge >= 0.3 is 0 Å². The second-order valence-electron chi connectivity index (χ2n) is 6.34. The van der Waals surface area contributed by atoms with Gasteiger partial charge in [0.05, 0.1) is 18.1 Å². The minimum atomic E-state index is -3.69. The molecular formula is C17H26O5S. The van der Waals surface area contributed by atoms with Gasteiger partial charge in [0.25, 0.3) is 10.1 Å². The summed E-state index contributed by atoms with van der Waals surface area (Å²) >= 11 is 0. The highest BCUT2D eigenvalue weighted by atomic mass is 32.2. The van der Waals surface area contributed by atoms with E-state index in [0.717, 1.165) is 25.7 Å². The molecule has 1 saturated heterocycles. The topological polar surface area (TPSA) is 65.1 Å². The lowest BCUT2D eigenvalue weighted by Crippen LogP contribution is -2.34. The third-order valence-electron chi connectivity index (χ3n) is 3.84. The molecule has 1 fully saturated rings. The Hall–Kier alpha value is -1.11. The van der Waals surface area contributed by atoms with Crippen molar-refractivity contribution in [1.29, 1.82) is 0 Å². The first-order valence-electron chi connectivity index (χ1n) is 8.15. The fourth-order valence-electron chi connectivity index (χ4n) is 2.26. The van der Waals surface area contributed by atoms with Gasteiger partial charge in [-0.15, -0.1) is 0 Å². The van der Waals surface area contributed by atoms with Crippen molar-refractivity contribution in [2.24, 2.45) is 0 Å². The van der Waals surface area contributed by atoms with Gasteiger partial charge in [-0.25, -0.2) is 0 Å². The quantitative estimate of drug-likeness (QED) is 0.370. The van der Waals surface area contributed by atoms with Crippen molar-refractivity contribution in [3.05, 3.63) is 24.3 Å². The summed E-state index contributed by atoms with van der Waals surface area (Å²) in [5.74, 6) is 0.618. The number of epoxide rings is 1. The summed E-state index contributed by atoms with van der Waals surface area (Å²) in [5.41, 5.74) is -0.420. The predicted molar refractivity (Wildman–Crippen MR) is 88.2 cm³/mol. The first-order chi connectivity index (χ1) is 10.8. The number of rotatable bonds is 10. The van der Waals surface area contributed by atoms with E-state index in [2.05, 4.69) is 6.92 Å². The molecule has 1 aromatic rings. The van der Waals surface area contributed by atoms with E-state index in [4.69, 9.17) is 13.7 Å². The average Bonchev–Trinajstić information content (AvgIpc) is 3.32. The van der Waals surface area contributed by atoms with Crippen molar-refractivity contribution in [3.8, 4) is 5.75 Å². The second kappa shape index (κ2) is 7.64. The van der Waals surface area contributed by atoms with Gasteiger partial charge in [0.1, 0.15) is 17.5 Å². The molecule has 0 radical (unpaired) electrons. The van der Waals surface area contributed by atoms with E-state index in [1.165, 1.54) is 12.1 Å². The third kappa shape index (κ3) is 5.48. The van der Waals surface area contributed by atoms with Crippen molar-refractivity contribution in [2.45, 2.75) is 63.1 Å². The van der Waals surface area contributed by atoms with Crippen LogP contribution in [0.1, 0.15) is 46.5 Å². The zero-order valence-corrected chi connectivity index (χ0v) is 14.9. The summed E-state index contributed by atoms with van der Waals surface area (Å²) in [6.45, 7) is 6.94. The maximum absolute atomic E-state index is 12.1. The summed E-state index contributed by atoms with van der Waals surface area (Å²) in [6.07, 6.45) is 4.03. The maximum Gasteiger partial charge on any atom is 0.296 e. The SMILES string of the molecule is CCCCCCOS(=O)(=O)c1ccc(OC(C)(C)C2CO2)cc1. The van der Waals surface area contributed by atoms with E-state index >= 15 is 0 Å². The minimum absolute atomic E-state index is 0.0948. The standard InChI is InChI=1S/C17H26O5S/c1-4-5-6-7-12-21-23(18,19)15-10-8-14(9-11-15)22-17(2,3)16-13-20-16/h8-11,16H,4-7,12-13H2,1-3H3. The smallest absolute Gasteiger partial charge is 0.296 e. The molecule has 0 spiro atoms. The van der Waals surface area contributed by atoms with Crippen LogP contribution in [0.5, 0.6) is 5.75 Å². The van der Waals surface area contributed by atoms with Crippen LogP contribution in [0.25, 0.3) is 0 Å². The van der Waals surface area contributed by atoms with Crippen molar-refractivity contribution in [3.63, 3.8) is 0 Å². The van der Waals surface area contributed by atoms with Gasteiger partial charge in [-0.1, -0.05) is 26.2 Å². The van der Waals surface area contributed by atoms with Crippen molar-refractivity contribution < 1.29 is 22.1 Å². The van der Waals surface area contributed by atoms with Crippen LogP contribution < -0.4 is 4.74 Å². The predicted octanol–water partition coefficient (Wildman–Crippen LogP) is 3.53. The molecule has 1 heterocycles. The third-order valence-corrected chi connectivity index (χ3v) is 5.16. The van der Waals surface area contributed by atoms with Crippen molar-refractivity contribution in [1.82, 2.24) is 0 Å². The van der Waals surface area contributed by atoms with Crippen molar-refractivity contribution >= 4 is 10.1 Å². The van der Waals surface area contributed by atoms with Gasteiger partial charge < -0.3 is 9.47 Å². The molecule has 1 aromatic carbocycles. The zero-order chi connectivity index (χ0) is 16.9. The Morgan fingerprint density at radius 1 is 1.17 bits per heavy atom. The van der Waals surface area contributed by atoms with Crippen LogP contribution in [0.15, 0.2) is 29.2 Å². The highest BCUT2D eigenvalue weighted by molar-refractivity contribution is 7.86. The lowest BCUT2D eigenvalue weighted by atomic mass is 10.1. The molecule has 23 heavy (non-hydrogen) atoms. The van der Waals surface area contributed by atoms with E-state index in [-0.39, 0.29) is 17.6 Å². The molecule has 1 unspecified atom stereocenters. The normalized spacial score (nSPS) is 18.0.